The number of nitrogens with zero attached hydrogens (tertiary/aromatic N) is 5. The summed E-state index contributed by atoms with van der Waals surface area (Å²) < 4.78 is 39.1. The minimum atomic E-state index is -4.42. The molecule has 0 radical (unpaired) electrons. The molecular formula is C17H18F3N5O2. The predicted molar refractivity (Wildman–Crippen MR) is 91.5 cm³/mol. The molecule has 1 aliphatic rings. The fourth-order valence-electron chi connectivity index (χ4n) is 2.83. The van der Waals surface area contributed by atoms with E-state index in [0.717, 1.165) is 12.3 Å². The Kier molecular flexibility index (Phi) is 5.15. The molecule has 144 valence electrons. The summed E-state index contributed by atoms with van der Waals surface area (Å²) in [5.74, 6) is 0.157. The van der Waals surface area contributed by atoms with Crippen LogP contribution < -0.4 is 10.5 Å². The Bertz CT molecular complexity index is 871. The molecule has 1 saturated heterocycles. The SMILES string of the molecule is CCn1nc(C(=O)N2CCN(c3ccc(C(F)(F)F)cn3)CC2)ccc1=O. The van der Waals surface area contributed by atoms with Gasteiger partial charge in [-0.1, -0.05) is 0 Å². The second-order valence-corrected chi connectivity index (χ2v) is 6.05. The molecular weight excluding hydrogens is 363 g/mol. The molecule has 0 unspecified atom stereocenters. The van der Waals surface area contributed by atoms with Crippen molar-refractivity contribution in [3.8, 4) is 0 Å². The molecule has 10 heteroatoms. The van der Waals surface area contributed by atoms with Gasteiger partial charge in [0, 0.05) is 45.0 Å². The molecule has 0 aliphatic carbocycles. The standard InChI is InChI=1S/C17H18F3N5O2/c1-2-25-15(26)6-4-13(22-25)16(27)24-9-7-23(8-10-24)14-5-3-12(11-21-14)17(18,19)20/h3-6,11H,2,7-10H2,1H3. The van der Waals surface area contributed by atoms with Gasteiger partial charge in [-0.25, -0.2) is 9.67 Å². The maximum Gasteiger partial charge on any atom is 0.417 e. The number of halogens is 3. The van der Waals surface area contributed by atoms with Crippen LogP contribution in [0, 0.1) is 0 Å². The molecule has 2 aromatic rings. The number of aryl methyl sites for hydroxylation is 1. The van der Waals surface area contributed by atoms with Crippen LogP contribution in [0.5, 0.6) is 0 Å². The largest absolute Gasteiger partial charge is 0.417 e. The van der Waals surface area contributed by atoms with E-state index in [2.05, 4.69) is 10.1 Å². The number of alkyl halides is 3. The number of amides is 1. The Labute approximate surface area is 153 Å². The number of aromatic nitrogens is 3. The summed E-state index contributed by atoms with van der Waals surface area (Å²) in [5.41, 5.74) is -0.873. The molecule has 3 rings (SSSR count). The maximum absolute atomic E-state index is 12.6. The molecule has 0 saturated carbocycles. The molecule has 1 fully saturated rings. The second kappa shape index (κ2) is 7.37. The van der Waals surface area contributed by atoms with Crippen LogP contribution in [0.3, 0.4) is 0 Å². The summed E-state index contributed by atoms with van der Waals surface area (Å²) in [6.45, 7) is 3.78. The Morgan fingerprint density at radius 3 is 2.37 bits per heavy atom. The summed E-state index contributed by atoms with van der Waals surface area (Å²) in [6, 6.07) is 5.05. The van der Waals surface area contributed by atoms with Gasteiger partial charge in [0.1, 0.15) is 11.5 Å². The first-order valence-corrected chi connectivity index (χ1v) is 8.45. The summed E-state index contributed by atoms with van der Waals surface area (Å²) in [4.78, 5) is 31.5. The Morgan fingerprint density at radius 1 is 1.11 bits per heavy atom. The fourth-order valence-corrected chi connectivity index (χ4v) is 2.83. The second-order valence-electron chi connectivity index (χ2n) is 6.05. The highest BCUT2D eigenvalue weighted by molar-refractivity contribution is 5.92. The topological polar surface area (TPSA) is 71.3 Å². The summed E-state index contributed by atoms with van der Waals surface area (Å²) in [5, 5.41) is 4.06. The first kappa shape index (κ1) is 18.9. The van der Waals surface area contributed by atoms with Crippen molar-refractivity contribution in [1.82, 2.24) is 19.7 Å². The van der Waals surface area contributed by atoms with Crippen LogP contribution in [0.15, 0.2) is 35.3 Å². The van der Waals surface area contributed by atoms with Crippen molar-refractivity contribution in [3.05, 3.63) is 52.1 Å². The zero-order valence-electron chi connectivity index (χ0n) is 14.6. The van der Waals surface area contributed by atoms with E-state index >= 15 is 0 Å². The lowest BCUT2D eigenvalue weighted by Gasteiger charge is -2.35. The molecule has 3 heterocycles. The van der Waals surface area contributed by atoms with Gasteiger partial charge >= 0.3 is 6.18 Å². The molecule has 27 heavy (non-hydrogen) atoms. The highest BCUT2D eigenvalue weighted by Crippen LogP contribution is 2.29. The number of carbonyl (C=O) groups is 1. The van der Waals surface area contributed by atoms with E-state index < -0.39 is 11.7 Å². The number of carbonyl (C=O) groups excluding carboxylic acids is 1. The first-order valence-electron chi connectivity index (χ1n) is 8.45. The lowest BCUT2D eigenvalue weighted by molar-refractivity contribution is -0.137. The van der Waals surface area contributed by atoms with Crippen molar-refractivity contribution in [2.75, 3.05) is 31.1 Å². The number of anilines is 1. The van der Waals surface area contributed by atoms with Crippen molar-refractivity contribution in [1.29, 1.82) is 0 Å². The van der Waals surface area contributed by atoms with E-state index in [1.165, 1.54) is 22.9 Å². The quantitative estimate of drug-likeness (QED) is 0.808. The summed E-state index contributed by atoms with van der Waals surface area (Å²) in [7, 11) is 0. The van der Waals surface area contributed by atoms with E-state index in [4.69, 9.17) is 0 Å². The zero-order chi connectivity index (χ0) is 19.6. The van der Waals surface area contributed by atoms with Gasteiger partial charge in [0.2, 0.25) is 0 Å². The van der Waals surface area contributed by atoms with Crippen LogP contribution in [0.1, 0.15) is 23.0 Å². The van der Waals surface area contributed by atoms with Crippen LogP contribution in [-0.4, -0.2) is 51.8 Å². The average molecular weight is 381 g/mol. The van der Waals surface area contributed by atoms with Gasteiger partial charge in [-0.3, -0.25) is 9.59 Å². The lowest BCUT2D eigenvalue weighted by Crippen LogP contribution is -2.49. The third-order valence-electron chi connectivity index (χ3n) is 4.35. The van der Waals surface area contributed by atoms with E-state index in [1.54, 1.807) is 11.8 Å². The third kappa shape index (κ3) is 4.09. The normalized spacial score (nSPS) is 15.1. The van der Waals surface area contributed by atoms with Crippen LogP contribution in [0.2, 0.25) is 0 Å². The van der Waals surface area contributed by atoms with Crippen molar-refractivity contribution < 1.29 is 18.0 Å². The van der Waals surface area contributed by atoms with Crippen molar-refractivity contribution in [3.63, 3.8) is 0 Å². The van der Waals surface area contributed by atoms with Gasteiger partial charge in [-0.2, -0.15) is 18.3 Å². The predicted octanol–water partition coefficient (Wildman–Crippen LogP) is 1.64. The molecule has 0 atom stereocenters. The Morgan fingerprint density at radius 2 is 1.81 bits per heavy atom. The third-order valence-corrected chi connectivity index (χ3v) is 4.35. The molecule has 1 amide bonds. The van der Waals surface area contributed by atoms with Crippen LogP contribution in [-0.2, 0) is 12.7 Å². The van der Waals surface area contributed by atoms with Crippen molar-refractivity contribution in [2.45, 2.75) is 19.6 Å². The van der Waals surface area contributed by atoms with Gasteiger partial charge in [0.15, 0.2) is 0 Å². The molecule has 0 bridgehead atoms. The monoisotopic (exact) mass is 381 g/mol. The van der Waals surface area contributed by atoms with Crippen LogP contribution in [0.4, 0.5) is 19.0 Å². The highest BCUT2D eigenvalue weighted by Gasteiger charge is 2.31. The van der Waals surface area contributed by atoms with Crippen LogP contribution >= 0.6 is 0 Å². The number of rotatable bonds is 3. The van der Waals surface area contributed by atoms with E-state index in [0.29, 0.717) is 38.5 Å². The average Bonchev–Trinajstić information content (AvgIpc) is 2.67. The number of hydrogen-bond acceptors (Lipinski definition) is 5. The molecule has 1 aliphatic heterocycles. The van der Waals surface area contributed by atoms with Gasteiger partial charge in [-0.05, 0) is 25.1 Å². The van der Waals surface area contributed by atoms with Gasteiger partial charge < -0.3 is 9.80 Å². The molecule has 0 N–H and O–H groups in total. The number of piperazine rings is 1. The smallest absolute Gasteiger partial charge is 0.353 e. The minimum absolute atomic E-state index is 0.192. The van der Waals surface area contributed by atoms with E-state index in [1.807, 2.05) is 4.90 Å². The minimum Gasteiger partial charge on any atom is -0.353 e. The van der Waals surface area contributed by atoms with E-state index in [9.17, 15) is 22.8 Å². The van der Waals surface area contributed by atoms with Crippen molar-refractivity contribution in [2.24, 2.45) is 0 Å². The summed E-state index contributed by atoms with van der Waals surface area (Å²) in [6.07, 6.45) is -3.61. The van der Waals surface area contributed by atoms with Gasteiger partial charge in [-0.15, -0.1) is 0 Å². The lowest BCUT2D eigenvalue weighted by atomic mass is 10.2. The van der Waals surface area contributed by atoms with Gasteiger partial charge in [0.25, 0.3) is 11.5 Å². The molecule has 0 aromatic carbocycles. The Balaban J connectivity index is 1.65. The maximum atomic E-state index is 12.6. The zero-order valence-corrected chi connectivity index (χ0v) is 14.6. The number of pyridine rings is 1. The number of hydrogen-bond donors (Lipinski definition) is 0. The molecule has 0 spiro atoms. The highest BCUT2D eigenvalue weighted by atomic mass is 19.4. The van der Waals surface area contributed by atoms with Gasteiger partial charge in [0.05, 0.1) is 5.56 Å². The van der Waals surface area contributed by atoms with Crippen molar-refractivity contribution >= 4 is 11.7 Å². The summed E-state index contributed by atoms with van der Waals surface area (Å²) >= 11 is 0. The Hall–Kier alpha value is -2.91. The molecule has 7 nitrogen and oxygen atoms in total. The fraction of sp³-hybridized carbons (Fsp3) is 0.412. The van der Waals surface area contributed by atoms with E-state index in [-0.39, 0.29) is 17.2 Å². The first-order chi connectivity index (χ1) is 12.8. The van der Waals surface area contributed by atoms with Crippen LogP contribution in [0.25, 0.3) is 0 Å². The molecule has 2 aromatic heterocycles.